The van der Waals surface area contributed by atoms with E-state index in [0.717, 1.165) is 46.4 Å². The van der Waals surface area contributed by atoms with Gasteiger partial charge in [0.05, 0.1) is 15.4 Å². The molecular formula is C18H17F3N2O2S. The summed E-state index contributed by atoms with van der Waals surface area (Å²) in [4.78, 5) is 3.03. The highest BCUT2D eigenvalue weighted by atomic mass is 32.2. The molecule has 0 radical (unpaired) electrons. The number of sulfone groups is 1. The third kappa shape index (κ3) is 3.22. The zero-order valence-electron chi connectivity index (χ0n) is 13.9. The quantitative estimate of drug-likeness (QED) is 0.720. The lowest BCUT2D eigenvalue weighted by Crippen LogP contribution is -2.07. The van der Waals surface area contributed by atoms with Gasteiger partial charge in [-0.25, -0.2) is 8.42 Å². The van der Waals surface area contributed by atoms with Crippen LogP contribution in [0.3, 0.4) is 0 Å². The Morgan fingerprint density at radius 3 is 2.23 bits per heavy atom. The summed E-state index contributed by atoms with van der Waals surface area (Å²) in [6.45, 7) is 2.30. The highest BCUT2D eigenvalue weighted by Gasteiger charge is 2.31. The fourth-order valence-corrected chi connectivity index (χ4v) is 4.24. The van der Waals surface area contributed by atoms with E-state index in [-0.39, 0.29) is 9.79 Å². The van der Waals surface area contributed by atoms with E-state index in [2.05, 4.69) is 4.98 Å². The lowest BCUT2D eigenvalue weighted by Gasteiger charge is -2.09. The van der Waals surface area contributed by atoms with Crippen LogP contribution in [0.15, 0.2) is 52.3 Å². The molecule has 0 aliphatic heterocycles. The van der Waals surface area contributed by atoms with Crippen LogP contribution in [0.2, 0.25) is 0 Å². The maximum absolute atomic E-state index is 12.8. The second kappa shape index (κ2) is 6.44. The molecule has 0 aliphatic rings. The summed E-state index contributed by atoms with van der Waals surface area (Å²) >= 11 is 0. The Labute approximate surface area is 148 Å². The van der Waals surface area contributed by atoms with Gasteiger partial charge in [0, 0.05) is 16.6 Å². The molecule has 0 saturated carbocycles. The minimum absolute atomic E-state index is 0.0297. The Morgan fingerprint density at radius 2 is 1.65 bits per heavy atom. The number of aromatic amines is 1. The van der Waals surface area contributed by atoms with Crippen LogP contribution >= 0.6 is 0 Å². The Bertz CT molecular complexity index is 1050. The first-order valence-electron chi connectivity index (χ1n) is 7.88. The second-order valence-corrected chi connectivity index (χ2v) is 7.95. The van der Waals surface area contributed by atoms with Crippen molar-refractivity contribution >= 4 is 20.7 Å². The summed E-state index contributed by atoms with van der Waals surface area (Å²) < 4.78 is 63.6. The summed E-state index contributed by atoms with van der Waals surface area (Å²) in [5.74, 6) is 0. The van der Waals surface area contributed by atoms with Gasteiger partial charge in [-0.05, 0) is 67.9 Å². The van der Waals surface area contributed by atoms with Crippen LogP contribution in [-0.2, 0) is 22.4 Å². The fourth-order valence-electron chi connectivity index (χ4n) is 2.95. The van der Waals surface area contributed by atoms with Crippen molar-refractivity contribution in [2.24, 2.45) is 5.73 Å². The summed E-state index contributed by atoms with van der Waals surface area (Å²) in [6, 6.07) is 8.13. The molecule has 2 aromatic carbocycles. The number of alkyl halides is 3. The van der Waals surface area contributed by atoms with E-state index in [1.165, 1.54) is 12.1 Å². The minimum atomic E-state index is -4.51. The van der Waals surface area contributed by atoms with Crippen LogP contribution in [0, 0.1) is 6.92 Å². The van der Waals surface area contributed by atoms with E-state index >= 15 is 0 Å². The number of fused-ring (bicyclic) bond motifs is 1. The number of nitrogens with two attached hydrogens (primary N) is 1. The predicted octanol–water partition coefficient (Wildman–Crippen LogP) is 3.83. The summed E-state index contributed by atoms with van der Waals surface area (Å²) in [5, 5.41) is 0.751. The van der Waals surface area contributed by atoms with Gasteiger partial charge in [-0.1, -0.05) is 0 Å². The molecule has 138 valence electrons. The Balaban J connectivity index is 2.08. The van der Waals surface area contributed by atoms with Crippen LogP contribution in [0.1, 0.15) is 16.8 Å². The van der Waals surface area contributed by atoms with Crippen LogP contribution in [0.25, 0.3) is 10.9 Å². The van der Waals surface area contributed by atoms with E-state index in [4.69, 9.17) is 5.73 Å². The SMILES string of the molecule is Cc1[nH]c2ccc(S(=O)(=O)c3ccc(C(F)(F)F)cc3)cc2c1CCN. The van der Waals surface area contributed by atoms with Crippen LogP contribution in [0.5, 0.6) is 0 Å². The standard InChI is InChI=1S/C18H17F3N2O2S/c1-11-15(8-9-22)16-10-14(6-7-17(16)23-11)26(24,25)13-4-2-12(3-5-13)18(19,20)21/h2-7,10,23H,8-9,22H2,1H3. The highest BCUT2D eigenvalue weighted by molar-refractivity contribution is 7.91. The molecule has 0 bridgehead atoms. The average Bonchev–Trinajstić information content (AvgIpc) is 2.89. The van der Waals surface area contributed by atoms with Crippen LogP contribution < -0.4 is 5.73 Å². The van der Waals surface area contributed by atoms with Crippen molar-refractivity contribution < 1.29 is 21.6 Å². The van der Waals surface area contributed by atoms with E-state index in [0.29, 0.717) is 13.0 Å². The third-order valence-corrected chi connectivity index (χ3v) is 6.05. The molecule has 4 nitrogen and oxygen atoms in total. The van der Waals surface area contributed by atoms with Crippen molar-refractivity contribution in [2.45, 2.75) is 29.3 Å². The molecule has 26 heavy (non-hydrogen) atoms. The van der Waals surface area contributed by atoms with Crippen molar-refractivity contribution in [3.63, 3.8) is 0 Å². The molecule has 0 amide bonds. The molecule has 3 N–H and O–H groups in total. The average molecular weight is 382 g/mol. The monoisotopic (exact) mass is 382 g/mol. The van der Waals surface area contributed by atoms with E-state index in [1.807, 2.05) is 6.92 Å². The molecule has 3 rings (SSSR count). The molecule has 0 fully saturated rings. The summed E-state index contributed by atoms with van der Waals surface area (Å²) in [6.07, 6.45) is -3.92. The Hall–Kier alpha value is -2.32. The Morgan fingerprint density at radius 1 is 1.04 bits per heavy atom. The van der Waals surface area contributed by atoms with E-state index < -0.39 is 21.6 Å². The van der Waals surface area contributed by atoms with E-state index in [9.17, 15) is 21.6 Å². The lowest BCUT2D eigenvalue weighted by molar-refractivity contribution is -0.137. The van der Waals surface area contributed by atoms with Gasteiger partial charge >= 0.3 is 6.18 Å². The van der Waals surface area contributed by atoms with Crippen LogP contribution in [-0.4, -0.2) is 19.9 Å². The zero-order valence-corrected chi connectivity index (χ0v) is 14.7. The molecule has 0 unspecified atom stereocenters. The number of aromatic nitrogens is 1. The molecule has 0 spiro atoms. The predicted molar refractivity (Wildman–Crippen MR) is 92.7 cm³/mol. The number of H-pyrrole nitrogens is 1. The first kappa shape index (κ1) is 18.5. The van der Waals surface area contributed by atoms with Crippen molar-refractivity contribution in [2.75, 3.05) is 6.54 Å². The largest absolute Gasteiger partial charge is 0.416 e. The molecule has 1 heterocycles. The molecule has 1 aromatic heterocycles. The van der Waals surface area contributed by atoms with Gasteiger partial charge in [-0.2, -0.15) is 13.2 Å². The lowest BCUT2D eigenvalue weighted by atomic mass is 10.1. The third-order valence-electron chi connectivity index (χ3n) is 4.29. The van der Waals surface area contributed by atoms with Crippen LogP contribution in [0.4, 0.5) is 13.2 Å². The minimum Gasteiger partial charge on any atom is -0.358 e. The molecule has 0 aliphatic carbocycles. The number of nitrogens with one attached hydrogen (secondary N) is 1. The first-order valence-corrected chi connectivity index (χ1v) is 9.36. The second-order valence-electron chi connectivity index (χ2n) is 6.00. The number of benzene rings is 2. The number of hydrogen-bond donors (Lipinski definition) is 2. The van der Waals surface area contributed by atoms with Gasteiger partial charge in [-0.15, -0.1) is 0 Å². The maximum atomic E-state index is 12.8. The molecule has 0 atom stereocenters. The number of hydrogen-bond acceptors (Lipinski definition) is 3. The first-order chi connectivity index (χ1) is 12.1. The molecular weight excluding hydrogens is 365 g/mol. The molecule has 0 saturated heterocycles. The number of halogens is 3. The smallest absolute Gasteiger partial charge is 0.358 e. The van der Waals surface area contributed by atoms with Gasteiger partial charge in [0.25, 0.3) is 0 Å². The van der Waals surface area contributed by atoms with Crippen molar-refractivity contribution in [3.8, 4) is 0 Å². The zero-order chi connectivity index (χ0) is 19.1. The van der Waals surface area contributed by atoms with Gasteiger partial charge in [0.15, 0.2) is 0 Å². The maximum Gasteiger partial charge on any atom is 0.416 e. The van der Waals surface area contributed by atoms with Crippen molar-refractivity contribution in [1.82, 2.24) is 4.98 Å². The molecule has 3 aromatic rings. The fraction of sp³-hybridized carbons (Fsp3) is 0.222. The topological polar surface area (TPSA) is 76.0 Å². The van der Waals surface area contributed by atoms with Gasteiger partial charge < -0.3 is 10.7 Å². The highest BCUT2D eigenvalue weighted by Crippen LogP contribution is 2.32. The molecule has 8 heteroatoms. The van der Waals surface area contributed by atoms with Gasteiger partial charge in [0.1, 0.15) is 0 Å². The summed E-state index contributed by atoms with van der Waals surface area (Å²) in [7, 11) is -3.93. The Kier molecular flexibility index (Phi) is 4.58. The normalized spacial score (nSPS) is 12.7. The van der Waals surface area contributed by atoms with Crippen molar-refractivity contribution in [3.05, 3.63) is 59.3 Å². The van der Waals surface area contributed by atoms with Gasteiger partial charge in [0.2, 0.25) is 9.84 Å². The van der Waals surface area contributed by atoms with E-state index in [1.54, 1.807) is 6.07 Å². The number of rotatable bonds is 4. The van der Waals surface area contributed by atoms with Gasteiger partial charge in [-0.3, -0.25) is 0 Å². The number of aryl methyl sites for hydroxylation is 1. The van der Waals surface area contributed by atoms with Crippen molar-refractivity contribution in [1.29, 1.82) is 0 Å². The summed E-state index contributed by atoms with van der Waals surface area (Å²) in [5.41, 5.74) is 7.37.